The van der Waals surface area contributed by atoms with Gasteiger partial charge in [-0.25, -0.2) is 0 Å². The molecule has 1 heteroatoms. The highest BCUT2D eigenvalue weighted by Crippen LogP contribution is 2.45. The summed E-state index contributed by atoms with van der Waals surface area (Å²) in [7, 11) is 0. The Morgan fingerprint density at radius 1 is 0.969 bits per heavy atom. The third-order valence-corrected chi connectivity index (χ3v) is 8.54. The van der Waals surface area contributed by atoms with Gasteiger partial charge in [0.15, 0.2) is 0 Å². The Balaban J connectivity index is 1.75. The Kier molecular flexibility index (Phi) is 6.84. The standard InChI is InChI=1S/C31H43N/c1-7-8-12-28-23(3)27-17-20-32(25(5)31(6)18-10-9-11-19-31)21-29(27)24(4)30(28)26-15-13-22(2)14-16-26/h13-16H,5,7-12,17-21H2,1-4,6H3. The molecule has 1 aliphatic heterocycles. The zero-order valence-corrected chi connectivity index (χ0v) is 21.2. The smallest absolute Gasteiger partial charge is 0.0432 e. The maximum absolute atomic E-state index is 4.67. The van der Waals surface area contributed by atoms with Crippen LogP contribution in [0.3, 0.4) is 0 Å². The molecule has 1 saturated carbocycles. The number of hydrogen-bond acceptors (Lipinski definition) is 1. The Labute approximate surface area is 196 Å². The molecule has 2 aliphatic rings. The molecule has 2 aromatic rings. The highest BCUT2D eigenvalue weighted by Gasteiger charge is 2.34. The van der Waals surface area contributed by atoms with Crippen molar-refractivity contribution in [3.8, 4) is 11.1 Å². The summed E-state index contributed by atoms with van der Waals surface area (Å²) in [6.45, 7) is 18.6. The number of nitrogens with zero attached hydrogens (tertiary/aromatic N) is 1. The zero-order valence-electron chi connectivity index (χ0n) is 21.2. The molecule has 4 rings (SSSR count). The van der Waals surface area contributed by atoms with Crippen molar-refractivity contribution in [3.63, 3.8) is 0 Å². The first-order valence-corrected chi connectivity index (χ1v) is 13.0. The number of rotatable bonds is 6. The van der Waals surface area contributed by atoms with Crippen LogP contribution < -0.4 is 0 Å². The number of aryl methyl sites for hydroxylation is 1. The van der Waals surface area contributed by atoms with E-state index in [1.807, 2.05) is 0 Å². The van der Waals surface area contributed by atoms with Gasteiger partial charge < -0.3 is 4.90 Å². The van der Waals surface area contributed by atoms with E-state index >= 15 is 0 Å². The van der Waals surface area contributed by atoms with E-state index in [1.54, 1.807) is 22.3 Å². The molecule has 0 aromatic heterocycles. The lowest BCUT2D eigenvalue weighted by Crippen LogP contribution is -2.38. The highest BCUT2D eigenvalue weighted by molar-refractivity contribution is 5.75. The van der Waals surface area contributed by atoms with Gasteiger partial charge in [0.2, 0.25) is 0 Å². The molecular weight excluding hydrogens is 386 g/mol. The van der Waals surface area contributed by atoms with E-state index in [0.717, 1.165) is 19.5 Å². The van der Waals surface area contributed by atoms with E-state index in [4.69, 9.17) is 0 Å². The first-order chi connectivity index (χ1) is 15.4. The van der Waals surface area contributed by atoms with Crippen molar-refractivity contribution in [3.05, 3.63) is 69.9 Å². The lowest BCUT2D eigenvalue weighted by Gasteiger charge is -2.44. The van der Waals surface area contributed by atoms with Crippen LogP contribution in [-0.2, 0) is 19.4 Å². The summed E-state index contributed by atoms with van der Waals surface area (Å²) in [5.74, 6) is 0. The number of benzene rings is 2. The summed E-state index contributed by atoms with van der Waals surface area (Å²) in [5, 5.41) is 0. The van der Waals surface area contributed by atoms with E-state index in [2.05, 4.69) is 70.4 Å². The second-order valence-corrected chi connectivity index (χ2v) is 10.8. The summed E-state index contributed by atoms with van der Waals surface area (Å²) in [4.78, 5) is 2.63. The van der Waals surface area contributed by atoms with Crippen LogP contribution in [0.2, 0.25) is 0 Å². The first-order valence-electron chi connectivity index (χ1n) is 13.0. The van der Waals surface area contributed by atoms with Gasteiger partial charge in [0.25, 0.3) is 0 Å². The number of allylic oxidation sites excluding steroid dienone is 1. The fraction of sp³-hybridized carbons (Fsp3) is 0.548. The Morgan fingerprint density at radius 3 is 2.31 bits per heavy atom. The highest BCUT2D eigenvalue weighted by atomic mass is 15.1. The molecule has 1 aliphatic carbocycles. The lowest BCUT2D eigenvalue weighted by molar-refractivity contribution is 0.177. The van der Waals surface area contributed by atoms with Crippen LogP contribution in [0.4, 0.5) is 0 Å². The van der Waals surface area contributed by atoms with Gasteiger partial charge in [-0.3, -0.25) is 0 Å². The summed E-state index contributed by atoms with van der Waals surface area (Å²) < 4.78 is 0. The monoisotopic (exact) mass is 429 g/mol. The fourth-order valence-corrected chi connectivity index (χ4v) is 6.28. The topological polar surface area (TPSA) is 3.24 Å². The van der Waals surface area contributed by atoms with E-state index in [0.29, 0.717) is 5.41 Å². The number of hydrogen-bond donors (Lipinski definition) is 0. The molecule has 0 amide bonds. The van der Waals surface area contributed by atoms with Crippen LogP contribution in [0.25, 0.3) is 11.1 Å². The predicted molar refractivity (Wildman–Crippen MR) is 139 cm³/mol. The zero-order chi connectivity index (χ0) is 22.9. The van der Waals surface area contributed by atoms with Gasteiger partial charge in [-0.1, -0.05) is 75.9 Å². The minimum absolute atomic E-state index is 0.291. The molecule has 0 N–H and O–H groups in total. The molecule has 0 spiro atoms. The average molecular weight is 430 g/mol. The maximum Gasteiger partial charge on any atom is 0.0432 e. The quantitative estimate of drug-likeness (QED) is 0.445. The van der Waals surface area contributed by atoms with E-state index in [-0.39, 0.29) is 0 Å². The van der Waals surface area contributed by atoms with E-state index in [9.17, 15) is 0 Å². The SMILES string of the molecule is C=C(N1CCc2c(C)c(CCCC)c(-c3ccc(C)cc3)c(C)c2C1)C1(C)CCCCC1. The minimum Gasteiger partial charge on any atom is -0.370 e. The van der Waals surface area contributed by atoms with Crippen molar-refractivity contribution in [1.82, 2.24) is 4.90 Å². The van der Waals surface area contributed by atoms with Crippen molar-refractivity contribution in [1.29, 1.82) is 0 Å². The fourth-order valence-electron chi connectivity index (χ4n) is 6.28. The van der Waals surface area contributed by atoms with Gasteiger partial charge in [-0.15, -0.1) is 0 Å². The van der Waals surface area contributed by atoms with Crippen LogP contribution in [0.1, 0.15) is 92.2 Å². The second kappa shape index (κ2) is 9.46. The summed E-state index contributed by atoms with van der Waals surface area (Å²) in [6, 6.07) is 9.21. The molecule has 1 nitrogen and oxygen atoms in total. The van der Waals surface area contributed by atoms with Crippen LogP contribution >= 0.6 is 0 Å². The maximum atomic E-state index is 4.67. The molecule has 0 atom stereocenters. The molecule has 0 unspecified atom stereocenters. The molecule has 0 radical (unpaired) electrons. The van der Waals surface area contributed by atoms with Crippen LogP contribution in [0.15, 0.2) is 36.5 Å². The predicted octanol–water partition coefficient (Wildman–Crippen LogP) is 8.46. The van der Waals surface area contributed by atoms with Gasteiger partial charge in [0.05, 0.1) is 0 Å². The second-order valence-electron chi connectivity index (χ2n) is 10.8. The Bertz CT molecular complexity index is 973. The molecule has 0 saturated heterocycles. The van der Waals surface area contributed by atoms with Crippen LogP contribution in [-0.4, -0.2) is 11.4 Å². The molecule has 32 heavy (non-hydrogen) atoms. The third kappa shape index (κ3) is 4.28. The number of fused-ring (bicyclic) bond motifs is 1. The van der Waals surface area contributed by atoms with Crippen molar-refractivity contribution >= 4 is 0 Å². The number of unbranched alkanes of at least 4 members (excludes halogenated alkanes) is 1. The van der Waals surface area contributed by atoms with Crippen molar-refractivity contribution < 1.29 is 0 Å². The third-order valence-electron chi connectivity index (χ3n) is 8.54. The summed E-state index contributed by atoms with van der Waals surface area (Å²) >= 11 is 0. The molecular formula is C31H43N. The van der Waals surface area contributed by atoms with Gasteiger partial charge in [-0.05, 0) is 91.8 Å². The molecule has 1 fully saturated rings. The van der Waals surface area contributed by atoms with E-state index in [1.165, 1.54) is 79.3 Å². The molecule has 172 valence electrons. The average Bonchev–Trinajstić information content (AvgIpc) is 2.81. The minimum atomic E-state index is 0.291. The first kappa shape index (κ1) is 23.1. The Hall–Kier alpha value is -2.02. The molecule has 2 aromatic carbocycles. The van der Waals surface area contributed by atoms with Gasteiger partial charge in [0.1, 0.15) is 0 Å². The van der Waals surface area contributed by atoms with Crippen molar-refractivity contribution in [2.75, 3.05) is 6.54 Å². The van der Waals surface area contributed by atoms with Gasteiger partial charge >= 0.3 is 0 Å². The van der Waals surface area contributed by atoms with Crippen molar-refractivity contribution in [2.45, 2.75) is 99.0 Å². The largest absolute Gasteiger partial charge is 0.370 e. The van der Waals surface area contributed by atoms with Crippen LogP contribution in [0, 0.1) is 26.2 Å². The van der Waals surface area contributed by atoms with Crippen LogP contribution in [0.5, 0.6) is 0 Å². The Morgan fingerprint density at radius 2 is 1.66 bits per heavy atom. The van der Waals surface area contributed by atoms with Crippen molar-refractivity contribution in [2.24, 2.45) is 5.41 Å². The van der Waals surface area contributed by atoms with E-state index < -0.39 is 0 Å². The molecule has 1 heterocycles. The normalized spacial score (nSPS) is 17.8. The lowest BCUT2D eigenvalue weighted by atomic mass is 9.72. The summed E-state index contributed by atoms with van der Waals surface area (Å²) in [5.41, 5.74) is 13.8. The van der Waals surface area contributed by atoms with Gasteiger partial charge in [0, 0.05) is 24.2 Å². The molecule has 0 bridgehead atoms. The summed E-state index contributed by atoms with van der Waals surface area (Å²) in [6.07, 6.45) is 11.6. The van der Waals surface area contributed by atoms with Gasteiger partial charge in [-0.2, -0.15) is 0 Å².